The van der Waals surface area contributed by atoms with Crippen LogP contribution in [0.5, 0.6) is 0 Å². The maximum Gasteiger partial charge on any atom is 0.336 e. The van der Waals surface area contributed by atoms with E-state index in [2.05, 4.69) is 32.8 Å². The average molecular weight is 398 g/mol. The van der Waals surface area contributed by atoms with E-state index in [0.29, 0.717) is 11.5 Å². The van der Waals surface area contributed by atoms with Gasteiger partial charge in [-0.3, -0.25) is 0 Å². The number of benzene rings is 1. The van der Waals surface area contributed by atoms with Gasteiger partial charge < -0.3 is 9.52 Å². The van der Waals surface area contributed by atoms with Crippen molar-refractivity contribution in [3.63, 3.8) is 0 Å². The molecule has 0 aliphatic carbocycles. The zero-order valence-corrected chi connectivity index (χ0v) is 12.9. The van der Waals surface area contributed by atoms with Crippen LogP contribution in [-0.2, 0) is 0 Å². The molecular weight excluding hydrogens is 391 g/mol. The summed E-state index contributed by atoms with van der Waals surface area (Å²) in [6, 6.07) is 8.49. The second kappa shape index (κ2) is 5.33. The molecule has 0 amide bonds. The molecule has 0 unspecified atom stereocenters. The number of rotatable bonds is 3. The summed E-state index contributed by atoms with van der Waals surface area (Å²) in [4.78, 5) is 11.2. The van der Waals surface area contributed by atoms with Gasteiger partial charge in [-0.05, 0) is 40.8 Å². The van der Waals surface area contributed by atoms with Crippen LogP contribution in [0.3, 0.4) is 0 Å². The van der Waals surface area contributed by atoms with Crippen molar-refractivity contribution in [1.29, 1.82) is 0 Å². The Hall–Kier alpha value is -1.74. The minimum atomic E-state index is -1.02. The van der Waals surface area contributed by atoms with Gasteiger partial charge in [0.1, 0.15) is 0 Å². The standard InChI is InChI=1S/C13H7IN2O3S/c14-10-5-7(6-20-10)11-15-16-12(19-11)8-3-1-2-4-9(8)13(17)18/h1-6H,(H,17,18). The van der Waals surface area contributed by atoms with Crippen LogP contribution < -0.4 is 0 Å². The van der Waals surface area contributed by atoms with Gasteiger partial charge in [0.25, 0.3) is 0 Å². The number of aromatic carboxylic acids is 1. The molecule has 0 saturated heterocycles. The first-order valence-electron chi connectivity index (χ1n) is 5.56. The first-order chi connectivity index (χ1) is 9.65. The molecule has 1 aromatic carbocycles. The zero-order valence-electron chi connectivity index (χ0n) is 9.91. The highest BCUT2D eigenvalue weighted by atomic mass is 127. The normalized spacial score (nSPS) is 10.7. The quantitative estimate of drug-likeness (QED) is 0.680. The van der Waals surface area contributed by atoms with Crippen LogP contribution in [0.1, 0.15) is 10.4 Å². The molecule has 0 saturated carbocycles. The third-order valence-electron chi connectivity index (χ3n) is 2.63. The molecule has 0 bridgehead atoms. The maximum atomic E-state index is 11.2. The van der Waals surface area contributed by atoms with Gasteiger partial charge in [-0.25, -0.2) is 4.79 Å². The van der Waals surface area contributed by atoms with Gasteiger partial charge in [-0.2, -0.15) is 0 Å². The molecule has 0 atom stereocenters. The molecule has 3 aromatic rings. The van der Waals surface area contributed by atoms with Gasteiger partial charge in [0.05, 0.1) is 19.6 Å². The van der Waals surface area contributed by atoms with Crippen LogP contribution in [0, 0.1) is 2.88 Å². The van der Waals surface area contributed by atoms with Crippen molar-refractivity contribution in [1.82, 2.24) is 10.2 Å². The highest BCUT2D eigenvalue weighted by Gasteiger charge is 2.17. The van der Waals surface area contributed by atoms with E-state index in [1.807, 2.05) is 11.4 Å². The molecule has 0 radical (unpaired) electrons. The van der Waals surface area contributed by atoms with Gasteiger partial charge in [-0.1, -0.05) is 12.1 Å². The van der Waals surface area contributed by atoms with Crippen molar-refractivity contribution in [2.45, 2.75) is 0 Å². The number of hydrogen-bond donors (Lipinski definition) is 1. The average Bonchev–Trinajstić information content (AvgIpc) is 3.07. The molecule has 0 aliphatic heterocycles. The van der Waals surface area contributed by atoms with E-state index in [4.69, 9.17) is 9.52 Å². The van der Waals surface area contributed by atoms with Gasteiger partial charge >= 0.3 is 5.97 Å². The van der Waals surface area contributed by atoms with Crippen molar-refractivity contribution >= 4 is 39.9 Å². The summed E-state index contributed by atoms with van der Waals surface area (Å²) in [6.07, 6.45) is 0. The van der Waals surface area contributed by atoms with Crippen molar-refractivity contribution in [2.24, 2.45) is 0 Å². The fourth-order valence-corrected chi connectivity index (χ4v) is 3.05. The van der Waals surface area contributed by atoms with E-state index >= 15 is 0 Å². The predicted molar refractivity (Wildman–Crippen MR) is 82.7 cm³/mol. The van der Waals surface area contributed by atoms with Gasteiger partial charge in [0, 0.05) is 5.38 Å². The molecule has 3 rings (SSSR count). The van der Waals surface area contributed by atoms with Gasteiger partial charge in [0.2, 0.25) is 11.8 Å². The lowest BCUT2D eigenvalue weighted by Gasteiger charge is -1.99. The molecule has 0 aliphatic rings. The number of carboxylic acid groups (broad SMARTS) is 1. The lowest BCUT2D eigenvalue weighted by molar-refractivity contribution is 0.0697. The monoisotopic (exact) mass is 398 g/mol. The summed E-state index contributed by atoms with van der Waals surface area (Å²) < 4.78 is 6.69. The number of hydrogen-bond acceptors (Lipinski definition) is 5. The Labute approximate surface area is 131 Å². The molecule has 7 heteroatoms. The Morgan fingerprint density at radius 1 is 1.25 bits per heavy atom. The van der Waals surface area contributed by atoms with Crippen molar-refractivity contribution in [3.05, 3.63) is 44.2 Å². The van der Waals surface area contributed by atoms with Gasteiger partial charge in [-0.15, -0.1) is 21.5 Å². The van der Waals surface area contributed by atoms with Crippen LogP contribution in [-0.4, -0.2) is 21.3 Å². The second-order valence-corrected chi connectivity index (χ2v) is 6.71. The van der Waals surface area contributed by atoms with E-state index in [1.165, 1.54) is 6.07 Å². The molecule has 0 spiro atoms. The number of carbonyl (C=O) groups is 1. The summed E-state index contributed by atoms with van der Waals surface area (Å²) in [5, 5.41) is 19.0. The first-order valence-corrected chi connectivity index (χ1v) is 7.51. The first kappa shape index (κ1) is 13.3. The summed E-state index contributed by atoms with van der Waals surface area (Å²) in [5.74, 6) is -0.427. The Bertz CT molecular complexity index is 781. The van der Waals surface area contributed by atoms with Gasteiger partial charge in [0.15, 0.2) is 0 Å². The second-order valence-electron chi connectivity index (χ2n) is 3.90. The molecule has 20 heavy (non-hydrogen) atoms. The van der Waals surface area contributed by atoms with Crippen LogP contribution in [0.4, 0.5) is 0 Å². The molecule has 2 heterocycles. The number of aromatic nitrogens is 2. The molecule has 0 fully saturated rings. The van der Waals surface area contributed by atoms with E-state index in [0.717, 1.165) is 8.45 Å². The SMILES string of the molecule is O=C(O)c1ccccc1-c1nnc(-c2csc(I)c2)o1. The summed E-state index contributed by atoms with van der Waals surface area (Å²) >= 11 is 3.79. The number of nitrogens with zero attached hydrogens (tertiary/aromatic N) is 2. The summed E-state index contributed by atoms with van der Waals surface area (Å²) in [5.41, 5.74) is 1.40. The van der Waals surface area contributed by atoms with E-state index < -0.39 is 5.97 Å². The molecular formula is C13H7IN2O3S. The maximum absolute atomic E-state index is 11.2. The topological polar surface area (TPSA) is 76.2 Å². The Kier molecular flexibility index (Phi) is 3.53. The highest BCUT2D eigenvalue weighted by molar-refractivity contribution is 14.1. The fourth-order valence-electron chi connectivity index (χ4n) is 1.73. The van der Waals surface area contributed by atoms with E-state index in [1.54, 1.807) is 29.5 Å². The van der Waals surface area contributed by atoms with Crippen LogP contribution in [0.25, 0.3) is 22.9 Å². The number of halogens is 1. The Balaban J connectivity index is 2.05. The van der Waals surface area contributed by atoms with Crippen molar-refractivity contribution < 1.29 is 14.3 Å². The summed E-state index contributed by atoms with van der Waals surface area (Å²) in [7, 11) is 0. The smallest absolute Gasteiger partial charge is 0.336 e. The highest BCUT2D eigenvalue weighted by Crippen LogP contribution is 2.29. The minimum Gasteiger partial charge on any atom is -0.478 e. The molecule has 2 aromatic heterocycles. The lowest BCUT2D eigenvalue weighted by atomic mass is 10.1. The zero-order chi connectivity index (χ0) is 14.1. The van der Waals surface area contributed by atoms with E-state index in [-0.39, 0.29) is 11.5 Å². The lowest BCUT2D eigenvalue weighted by Crippen LogP contribution is -1.98. The van der Waals surface area contributed by atoms with Crippen LogP contribution in [0.15, 0.2) is 40.1 Å². The van der Waals surface area contributed by atoms with E-state index in [9.17, 15) is 4.79 Å². The van der Waals surface area contributed by atoms with Crippen LogP contribution >= 0.6 is 33.9 Å². The third kappa shape index (κ3) is 2.46. The molecule has 5 nitrogen and oxygen atoms in total. The predicted octanol–water partition coefficient (Wildman–Crippen LogP) is 3.77. The molecule has 100 valence electrons. The Morgan fingerprint density at radius 2 is 2.00 bits per heavy atom. The summed E-state index contributed by atoms with van der Waals surface area (Å²) in [6.45, 7) is 0. The Morgan fingerprint density at radius 3 is 2.70 bits per heavy atom. The number of carboxylic acids is 1. The molecule has 1 N–H and O–H groups in total. The minimum absolute atomic E-state index is 0.141. The fraction of sp³-hybridized carbons (Fsp3) is 0. The van der Waals surface area contributed by atoms with Crippen molar-refractivity contribution in [2.75, 3.05) is 0 Å². The largest absolute Gasteiger partial charge is 0.478 e. The number of thiophene rings is 1. The van der Waals surface area contributed by atoms with Crippen LogP contribution in [0.2, 0.25) is 0 Å². The van der Waals surface area contributed by atoms with Crippen molar-refractivity contribution in [3.8, 4) is 22.9 Å². The third-order valence-corrected chi connectivity index (χ3v) is 4.42.